The maximum Gasteiger partial charge on any atom is 0.243 e. The van der Waals surface area contributed by atoms with Crippen LogP contribution < -0.4 is 5.32 Å². The minimum Gasteiger partial charge on any atom is -0.373 e. The van der Waals surface area contributed by atoms with E-state index in [1.165, 1.54) is 0 Å². The predicted molar refractivity (Wildman–Crippen MR) is 71.8 cm³/mol. The van der Waals surface area contributed by atoms with Crippen molar-refractivity contribution in [3.05, 3.63) is 11.7 Å². The number of aromatic nitrogens is 2. The molecule has 1 saturated heterocycles. The number of nitrogens with zero attached hydrogens (tertiary/aromatic N) is 3. The minimum atomic E-state index is -0.0577. The maximum atomic E-state index is 5.41. The van der Waals surface area contributed by atoms with E-state index >= 15 is 0 Å². The average Bonchev–Trinajstić information content (AvgIpc) is 2.94. The van der Waals surface area contributed by atoms with Crippen molar-refractivity contribution in [2.75, 3.05) is 33.3 Å². The lowest BCUT2D eigenvalue weighted by molar-refractivity contribution is 0.0854. The molecule has 0 radical (unpaired) electrons. The second-order valence-corrected chi connectivity index (χ2v) is 4.97. The van der Waals surface area contributed by atoms with Crippen molar-refractivity contribution in [2.24, 2.45) is 0 Å². The predicted octanol–water partition coefficient (Wildman–Crippen LogP) is 1.52. The van der Waals surface area contributed by atoms with Crippen molar-refractivity contribution in [2.45, 2.75) is 38.8 Å². The molecule has 1 fully saturated rings. The van der Waals surface area contributed by atoms with Crippen molar-refractivity contribution in [3.63, 3.8) is 0 Å². The number of piperazine rings is 1. The Kier molecular flexibility index (Phi) is 5.30. The van der Waals surface area contributed by atoms with Gasteiger partial charge in [0, 0.05) is 33.3 Å². The zero-order chi connectivity index (χ0) is 13.7. The van der Waals surface area contributed by atoms with Crippen LogP contribution in [0.5, 0.6) is 0 Å². The summed E-state index contributed by atoms with van der Waals surface area (Å²) in [7, 11) is 1.69. The summed E-state index contributed by atoms with van der Waals surface area (Å²) in [4.78, 5) is 6.87. The zero-order valence-electron chi connectivity index (χ0n) is 12.1. The van der Waals surface area contributed by atoms with Gasteiger partial charge in [0.15, 0.2) is 0 Å². The average molecular weight is 268 g/mol. The van der Waals surface area contributed by atoms with Crippen molar-refractivity contribution >= 4 is 0 Å². The van der Waals surface area contributed by atoms with Gasteiger partial charge in [0.2, 0.25) is 11.7 Å². The summed E-state index contributed by atoms with van der Waals surface area (Å²) in [5.41, 5.74) is 0. The SMILES string of the molecule is CCCC(OC)c1noc(C(C)N2CCNCC2)n1. The molecule has 0 bridgehead atoms. The van der Waals surface area contributed by atoms with E-state index in [0.717, 1.165) is 39.0 Å². The summed E-state index contributed by atoms with van der Waals surface area (Å²) >= 11 is 0. The van der Waals surface area contributed by atoms with Crippen LogP contribution in [0, 0.1) is 0 Å². The Bertz CT molecular complexity index is 376. The minimum absolute atomic E-state index is 0.0577. The molecule has 0 aliphatic carbocycles. The van der Waals surface area contributed by atoms with E-state index in [0.29, 0.717) is 11.7 Å². The summed E-state index contributed by atoms with van der Waals surface area (Å²) in [6.45, 7) is 8.30. The second-order valence-electron chi connectivity index (χ2n) is 4.97. The first kappa shape index (κ1) is 14.4. The molecule has 2 rings (SSSR count). The van der Waals surface area contributed by atoms with Gasteiger partial charge in [-0.2, -0.15) is 4.98 Å². The molecule has 0 aromatic carbocycles. The first-order valence-electron chi connectivity index (χ1n) is 7.07. The van der Waals surface area contributed by atoms with E-state index in [1.807, 2.05) is 0 Å². The van der Waals surface area contributed by atoms with Crippen molar-refractivity contribution in [1.29, 1.82) is 0 Å². The molecule has 2 unspecified atom stereocenters. The lowest BCUT2D eigenvalue weighted by Crippen LogP contribution is -2.44. The summed E-state index contributed by atoms with van der Waals surface area (Å²) < 4.78 is 10.8. The molecule has 1 aliphatic heterocycles. The highest BCUT2D eigenvalue weighted by atomic mass is 16.5. The van der Waals surface area contributed by atoms with E-state index < -0.39 is 0 Å². The van der Waals surface area contributed by atoms with Gasteiger partial charge >= 0.3 is 0 Å². The molecule has 0 amide bonds. The third-order valence-electron chi connectivity index (χ3n) is 3.64. The van der Waals surface area contributed by atoms with Gasteiger partial charge < -0.3 is 14.6 Å². The van der Waals surface area contributed by atoms with Crippen LogP contribution in [0.4, 0.5) is 0 Å². The molecule has 1 aromatic rings. The Morgan fingerprint density at radius 3 is 2.79 bits per heavy atom. The van der Waals surface area contributed by atoms with Crippen molar-refractivity contribution in [3.8, 4) is 0 Å². The molecule has 1 aromatic heterocycles. The Hall–Kier alpha value is -0.980. The topological polar surface area (TPSA) is 63.4 Å². The fraction of sp³-hybridized carbons (Fsp3) is 0.846. The quantitative estimate of drug-likeness (QED) is 0.844. The highest BCUT2D eigenvalue weighted by Crippen LogP contribution is 2.23. The second kappa shape index (κ2) is 6.98. The fourth-order valence-corrected chi connectivity index (χ4v) is 2.39. The van der Waals surface area contributed by atoms with E-state index in [2.05, 4.69) is 34.2 Å². The van der Waals surface area contributed by atoms with E-state index in [-0.39, 0.29) is 12.1 Å². The van der Waals surface area contributed by atoms with E-state index in [9.17, 15) is 0 Å². The van der Waals surface area contributed by atoms with Gasteiger partial charge in [-0.25, -0.2) is 0 Å². The number of methoxy groups -OCH3 is 1. The number of nitrogens with one attached hydrogen (secondary N) is 1. The molecule has 0 saturated carbocycles. The van der Waals surface area contributed by atoms with Crippen molar-refractivity contribution < 1.29 is 9.26 Å². The smallest absolute Gasteiger partial charge is 0.243 e. The number of ether oxygens (including phenoxy) is 1. The van der Waals surface area contributed by atoms with Gasteiger partial charge in [0.1, 0.15) is 6.10 Å². The highest BCUT2D eigenvalue weighted by molar-refractivity contribution is 4.96. The van der Waals surface area contributed by atoms with Crippen molar-refractivity contribution in [1.82, 2.24) is 20.4 Å². The Morgan fingerprint density at radius 2 is 2.16 bits per heavy atom. The first-order valence-corrected chi connectivity index (χ1v) is 7.07. The maximum absolute atomic E-state index is 5.41. The molecule has 19 heavy (non-hydrogen) atoms. The number of rotatable bonds is 6. The third-order valence-corrected chi connectivity index (χ3v) is 3.64. The molecule has 6 heteroatoms. The van der Waals surface area contributed by atoms with Gasteiger partial charge in [-0.15, -0.1) is 0 Å². The molecule has 0 spiro atoms. The third kappa shape index (κ3) is 3.52. The first-order chi connectivity index (χ1) is 9.26. The number of hydrogen-bond donors (Lipinski definition) is 1. The van der Waals surface area contributed by atoms with Gasteiger partial charge in [0.25, 0.3) is 0 Å². The normalized spacial score (nSPS) is 20.4. The molecule has 2 atom stereocenters. The summed E-state index contributed by atoms with van der Waals surface area (Å²) in [5, 5.41) is 7.41. The standard InChI is InChI=1S/C13H24N4O2/c1-4-5-11(18-3)12-15-13(19-16-12)10(2)17-8-6-14-7-9-17/h10-11,14H,4-9H2,1-3H3. The van der Waals surface area contributed by atoms with Gasteiger partial charge in [-0.1, -0.05) is 18.5 Å². The largest absolute Gasteiger partial charge is 0.373 e. The van der Waals surface area contributed by atoms with Crippen LogP contribution in [0.25, 0.3) is 0 Å². The lowest BCUT2D eigenvalue weighted by Gasteiger charge is -2.30. The highest BCUT2D eigenvalue weighted by Gasteiger charge is 2.25. The Balaban J connectivity index is 2.02. The summed E-state index contributed by atoms with van der Waals surface area (Å²) in [6, 6.07) is 0.169. The Labute approximate surface area is 114 Å². The molecule has 1 aliphatic rings. The van der Waals surface area contributed by atoms with Crippen LogP contribution in [-0.4, -0.2) is 48.3 Å². The molecule has 2 heterocycles. The van der Waals surface area contributed by atoms with Crippen LogP contribution in [0.3, 0.4) is 0 Å². The van der Waals surface area contributed by atoms with Crippen LogP contribution in [0.1, 0.15) is 50.6 Å². The van der Waals surface area contributed by atoms with Crippen LogP contribution in [0.15, 0.2) is 4.52 Å². The van der Waals surface area contributed by atoms with Gasteiger partial charge in [-0.3, -0.25) is 4.90 Å². The van der Waals surface area contributed by atoms with Crippen LogP contribution in [-0.2, 0) is 4.74 Å². The van der Waals surface area contributed by atoms with Gasteiger partial charge in [-0.05, 0) is 13.3 Å². The number of hydrogen-bond acceptors (Lipinski definition) is 6. The fourth-order valence-electron chi connectivity index (χ4n) is 2.39. The summed E-state index contributed by atoms with van der Waals surface area (Å²) in [5.74, 6) is 1.36. The molecule has 6 nitrogen and oxygen atoms in total. The van der Waals surface area contributed by atoms with Crippen LogP contribution >= 0.6 is 0 Å². The summed E-state index contributed by atoms with van der Waals surface area (Å²) in [6.07, 6.45) is 1.89. The zero-order valence-corrected chi connectivity index (χ0v) is 12.1. The van der Waals surface area contributed by atoms with Gasteiger partial charge in [0.05, 0.1) is 6.04 Å². The molecule has 1 N–H and O–H groups in total. The van der Waals surface area contributed by atoms with E-state index in [1.54, 1.807) is 7.11 Å². The molecule has 108 valence electrons. The molecular weight excluding hydrogens is 244 g/mol. The lowest BCUT2D eigenvalue weighted by atomic mass is 10.2. The Morgan fingerprint density at radius 1 is 1.42 bits per heavy atom. The molecular formula is C13H24N4O2. The van der Waals surface area contributed by atoms with E-state index in [4.69, 9.17) is 9.26 Å². The monoisotopic (exact) mass is 268 g/mol. The van der Waals surface area contributed by atoms with Crippen LogP contribution in [0.2, 0.25) is 0 Å².